The third kappa shape index (κ3) is 6.33. The number of fused-ring (bicyclic) bond motifs is 1. The van der Waals surface area contributed by atoms with E-state index >= 15 is 0 Å². The monoisotopic (exact) mass is 545 g/mol. The number of esters is 2. The first-order chi connectivity index (χ1) is 17.7. The summed E-state index contributed by atoms with van der Waals surface area (Å²) in [5.74, 6) is -0.122. The Kier molecular flexibility index (Phi) is 8.20. The Balaban J connectivity index is 1.39. The Hall–Kier alpha value is -3.76. The molecule has 0 radical (unpaired) electrons. The smallest absolute Gasteiger partial charge is 0.344 e. The zero-order valence-corrected chi connectivity index (χ0v) is 21.9. The Labute approximate surface area is 222 Å². The van der Waals surface area contributed by atoms with Gasteiger partial charge >= 0.3 is 11.9 Å². The number of methoxy groups -OCH3 is 1. The van der Waals surface area contributed by atoms with E-state index in [1.54, 1.807) is 25.1 Å². The van der Waals surface area contributed by atoms with Crippen molar-refractivity contribution < 1.29 is 38.1 Å². The molecule has 2 aromatic carbocycles. The number of nitrogens with one attached hydrogen (secondary N) is 1. The van der Waals surface area contributed by atoms with Crippen LogP contribution in [0.3, 0.4) is 0 Å². The number of carbonyl (C=O) groups excluding carboxylic acids is 3. The minimum absolute atomic E-state index is 0.164. The molecule has 0 atom stereocenters. The van der Waals surface area contributed by atoms with E-state index in [4.69, 9.17) is 35.3 Å². The van der Waals surface area contributed by atoms with Crippen LogP contribution in [0.4, 0.5) is 5.00 Å². The van der Waals surface area contributed by atoms with Gasteiger partial charge < -0.3 is 29.0 Å². The Morgan fingerprint density at radius 3 is 2.59 bits per heavy atom. The summed E-state index contributed by atoms with van der Waals surface area (Å²) in [6.07, 6.45) is 0.412. The molecule has 0 fully saturated rings. The summed E-state index contributed by atoms with van der Waals surface area (Å²) < 4.78 is 26.2. The highest BCUT2D eigenvalue weighted by molar-refractivity contribution is 7.16. The Morgan fingerprint density at radius 1 is 1.05 bits per heavy atom. The van der Waals surface area contributed by atoms with Crippen LogP contribution in [0.15, 0.2) is 36.4 Å². The molecule has 1 N–H and O–H groups in total. The zero-order valence-electron chi connectivity index (χ0n) is 20.3. The van der Waals surface area contributed by atoms with Crippen LogP contribution in [0.5, 0.6) is 17.2 Å². The number of ether oxygens (including phenoxy) is 5. The molecule has 3 aromatic rings. The van der Waals surface area contributed by atoms with Crippen molar-refractivity contribution in [3.05, 3.63) is 68.6 Å². The molecule has 1 aliphatic heterocycles. The van der Waals surface area contributed by atoms with Crippen molar-refractivity contribution in [2.75, 3.05) is 32.4 Å². The maximum atomic E-state index is 12.6. The van der Waals surface area contributed by atoms with Crippen molar-refractivity contribution in [2.45, 2.75) is 20.3 Å². The van der Waals surface area contributed by atoms with Gasteiger partial charge in [-0.2, -0.15) is 0 Å². The fourth-order valence-corrected chi connectivity index (χ4v) is 5.02. The van der Waals surface area contributed by atoms with Crippen molar-refractivity contribution in [1.82, 2.24) is 0 Å². The van der Waals surface area contributed by atoms with Gasteiger partial charge in [-0.3, -0.25) is 4.79 Å². The lowest BCUT2D eigenvalue weighted by atomic mass is 10.0. The molecule has 194 valence electrons. The summed E-state index contributed by atoms with van der Waals surface area (Å²) in [7, 11) is 1.27. The number of hydrogen-bond donors (Lipinski definition) is 1. The molecule has 0 unspecified atom stereocenters. The van der Waals surface area contributed by atoms with Crippen LogP contribution in [0, 0.1) is 13.8 Å². The van der Waals surface area contributed by atoms with Crippen LogP contribution >= 0.6 is 22.9 Å². The van der Waals surface area contributed by atoms with Crippen molar-refractivity contribution in [3.63, 3.8) is 0 Å². The largest absolute Gasteiger partial charge is 0.482 e. The van der Waals surface area contributed by atoms with E-state index < -0.39 is 24.5 Å². The fraction of sp³-hybridized carbons (Fsp3) is 0.269. The second-order valence-corrected chi connectivity index (χ2v) is 9.77. The molecule has 0 spiro atoms. The maximum Gasteiger partial charge on any atom is 0.344 e. The average Bonchev–Trinajstić information content (AvgIpc) is 3.45. The Bertz CT molecular complexity index is 1350. The van der Waals surface area contributed by atoms with Gasteiger partial charge in [-0.1, -0.05) is 17.7 Å². The fourth-order valence-electron chi connectivity index (χ4n) is 3.71. The number of halogens is 1. The standard InChI is InChI=1S/C26H24ClNO8S/c1-14-8-17(27)5-7-19(14)33-12-23(30)34-11-22(29)28-25-24(26(31)32-3)18(15(2)37-25)9-16-4-6-20-21(10-16)36-13-35-20/h4-8,10H,9,11-13H2,1-3H3,(H,28,29). The summed E-state index contributed by atoms with van der Waals surface area (Å²) >= 11 is 7.15. The highest BCUT2D eigenvalue weighted by Crippen LogP contribution is 2.37. The normalized spacial score (nSPS) is 11.7. The third-order valence-corrected chi connectivity index (χ3v) is 6.81. The van der Waals surface area contributed by atoms with Crippen molar-refractivity contribution in [3.8, 4) is 17.2 Å². The van der Waals surface area contributed by atoms with Crippen LogP contribution in [0.2, 0.25) is 5.02 Å². The van der Waals surface area contributed by atoms with Crippen LogP contribution in [0.1, 0.15) is 31.9 Å². The minimum atomic E-state index is -0.719. The molecule has 4 rings (SSSR count). The number of anilines is 1. The number of hydrogen-bond acceptors (Lipinski definition) is 9. The quantitative estimate of drug-likeness (QED) is 0.386. The van der Waals surface area contributed by atoms with E-state index in [1.165, 1.54) is 18.4 Å². The molecule has 0 saturated carbocycles. The van der Waals surface area contributed by atoms with E-state index in [1.807, 2.05) is 25.1 Å². The Morgan fingerprint density at radius 2 is 1.84 bits per heavy atom. The van der Waals surface area contributed by atoms with Gasteiger partial charge in [-0.05, 0) is 67.3 Å². The lowest BCUT2D eigenvalue weighted by Crippen LogP contribution is -2.24. The summed E-state index contributed by atoms with van der Waals surface area (Å²) in [6, 6.07) is 10.5. The predicted octanol–water partition coefficient (Wildman–Crippen LogP) is 4.69. The molecule has 2 heterocycles. The molecular weight excluding hydrogens is 522 g/mol. The molecule has 11 heteroatoms. The van der Waals surface area contributed by atoms with Crippen molar-refractivity contribution in [1.29, 1.82) is 0 Å². The van der Waals surface area contributed by atoms with Gasteiger partial charge in [0, 0.05) is 9.90 Å². The van der Waals surface area contributed by atoms with Gasteiger partial charge in [0.25, 0.3) is 5.91 Å². The molecule has 0 saturated heterocycles. The van der Waals surface area contributed by atoms with Gasteiger partial charge in [0.1, 0.15) is 10.8 Å². The van der Waals surface area contributed by atoms with Crippen LogP contribution in [-0.2, 0) is 25.5 Å². The van der Waals surface area contributed by atoms with Crippen LogP contribution in [0.25, 0.3) is 0 Å². The second-order valence-electron chi connectivity index (χ2n) is 8.10. The van der Waals surface area contributed by atoms with E-state index in [9.17, 15) is 14.4 Å². The van der Waals surface area contributed by atoms with E-state index in [2.05, 4.69) is 5.32 Å². The molecule has 0 bridgehead atoms. The summed E-state index contributed by atoms with van der Waals surface area (Å²) in [5, 5.41) is 3.53. The lowest BCUT2D eigenvalue weighted by Gasteiger charge is -2.10. The number of carbonyl (C=O) groups is 3. The zero-order chi connectivity index (χ0) is 26.5. The summed E-state index contributed by atoms with van der Waals surface area (Å²) in [5.41, 5.74) is 2.63. The number of rotatable bonds is 9. The van der Waals surface area contributed by atoms with Crippen LogP contribution < -0.4 is 19.5 Å². The SMILES string of the molecule is COC(=O)c1c(NC(=O)COC(=O)COc2ccc(Cl)cc2C)sc(C)c1Cc1ccc2c(c1)OCO2. The van der Waals surface area contributed by atoms with E-state index in [0.29, 0.717) is 33.7 Å². The van der Waals surface area contributed by atoms with Crippen LogP contribution in [-0.4, -0.2) is 45.0 Å². The van der Waals surface area contributed by atoms with Crippen molar-refractivity contribution in [2.24, 2.45) is 0 Å². The number of amides is 1. The average molecular weight is 546 g/mol. The first kappa shape index (κ1) is 26.3. The van der Waals surface area contributed by atoms with Gasteiger partial charge in [0.15, 0.2) is 24.7 Å². The first-order valence-electron chi connectivity index (χ1n) is 11.2. The topological polar surface area (TPSA) is 109 Å². The molecule has 1 aromatic heterocycles. The van der Waals surface area contributed by atoms with Crippen molar-refractivity contribution >= 4 is 45.8 Å². The number of thiophene rings is 1. The number of aryl methyl sites for hydroxylation is 2. The molecule has 37 heavy (non-hydrogen) atoms. The molecular formula is C26H24ClNO8S. The first-order valence-corrected chi connectivity index (χ1v) is 12.4. The maximum absolute atomic E-state index is 12.6. The third-order valence-electron chi connectivity index (χ3n) is 5.52. The lowest BCUT2D eigenvalue weighted by molar-refractivity contribution is -0.149. The van der Waals surface area contributed by atoms with Gasteiger partial charge in [-0.25, -0.2) is 9.59 Å². The minimum Gasteiger partial charge on any atom is -0.482 e. The highest BCUT2D eigenvalue weighted by atomic mass is 35.5. The summed E-state index contributed by atoms with van der Waals surface area (Å²) in [4.78, 5) is 38.1. The molecule has 0 aliphatic carbocycles. The van der Waals surface area contributed by atoms with Gasteiger partial charge in [0.05, 0.1) is 12.7 Å². The molecule has 9 nitrogen and oxygen atoms in total. The second kappa shape index (κ2) is 11.5. The van der Waals surface area contributed by atoms with E-state index in [-0.39, 0.29) is 19.0 Å². The highest BCUT2D eigenvalue weighted by Gasteiger charge is 2.25. The van der Waals surface area contributed by atoms with Gasteiger partial charge in [0.2, 0.25) is 6.79 Å². The number of benzene rings is 2. The summed E-state index contributed by atoms with van der Waals surface area (Å²) in [6.45, 7) is 2.89. The predicted molar refractivity (Wildman–Crippen MR) is 137 cm³/mol. The molecule has 1 aliphatic rings. The van der Waals surface area contributed by atoms with Gasteiger partial charge in [-0.15, -0.1) is 11.3 Å². The van der Waals surface area contributed by atoms with E-state index in [0.717, 1.165) is 21.6 Å². The molecule has 1 amide bonds.